The zero-order valence-corrected chi connectivity index (χ0v) is 19.9. The molecule has 2 saturated heterocycles. The molecular formula is C19H38IN5O3. The van der Waals surface area contributed by atoms with Gasteiger partial charge in [0.15, 0.2) is 5.96 Å². The Kier molecular flexibility index (Phi) is 12.8. The predicted molar refractivity (Wildman–Crippen MR) is 123 cm³/mol. The minimum absolute atomic E-state index is 0. The van der Waals surface area contributed by atoms with Crippen LogP contribution in [0.5, 0.6) is 0 Å². The van der Waals surface area contributed by atoms with Gasteiger partial charge in [0.05, 0.1) is 19.8 Å². The normalized spacial score (nSPS) is 20.2. The summed E-state index contributed by atoms with van der Waals surface area (Å²) in [5.74, 6) is 1.38. The van der Waals surface area contributed by atoms with Crippen molar-refractivity contribution in [2.75, 3.05) is 65.6 Å². The molecule has 0 radical (unpaired) electrons. The predicted octanol–water partition coefficient (Wildman–Crippen LogP) is 1.75. The molecule has 0 aromatic heterocycles. The van der Waals surface area contributed by atoms with Crippen LogP contribution in [0.2, 0.25) is 0 Å². The summed E-state index contributed by atoms with van der Waals surface area (Å²) in [6.45, 7) is 14.5. The molecule has 2 aliphatic heterocycles. The molecule has 0 aliphatic carbocycles. The molecule has 9 heteroatoms. The van der Waals surface area contributed by atoms with Crippen LogP contribution in [0.1, 0.15) is 33.6 Å². The van der Waals surface area contributed by atoms with Gasteiger partial charge in [-0.25, -0.2) is 4.79 Å². The third-order valence-electron chi connectivity index (χ3n) is 4.94. The van der Waals surface area contributed by atoms with E-state index in [1.165, 1.54) is 0 Å². The summed E-state index contributed by atoms with van der Waals surface area (Å²) in [7, 11) is 0. The highest BCUT2D eigenvalue weighted by Crippen LogP contribution is 2.11. The Balaban J connectivity index is 0.00000392. The molecule has 0 bridgehead atoms. The molecule has 8 nitrogen and oxygen atoms in total. The highest BCUT2D eigenvalue weighted by atomic mass is 127. The first kappa shape index (κ1) is 25.2. The number of ether oxygens (including phenoxy) is 2. The molecule has 2 N–H and O–H groups in total. The summed E-state index contributed by atoms with van der Waals surface area (Å²) in [5, 5.41) is 6.88. The van der Waals surface area contributed by atoms with Crippen LogP contribution in [0.3, 0.4) is 0 Å². The van der Waals surface area contributed by atoms with E-state index in [4.69, 9.17) is 14.5 Å². The van der Waals surface area contributed by atoms with Crippen LogP contribution in [0.15, 0.2) is 4.99 Å². The molecule has 2 aliphatic rings. The van der Waals surface area contributed by atoms with Gasteiger partial charge in [-0.3, -0.25) is 9.89 Å². The summed E-state index contributed by atoms with van der Waals surface area (Å²) in [6.07, 6.45) is 1.62. The van der Waals surface area contributed by atoms with E-state index < -0.39 is 0 Å². The average molecular weight is 511 g/mol. The van der Waals surface area contributed by atoms with Crippen LogP contribution in [-0.4, -0.2) is 93.5 Å². The fourth-order valence-electron chi connectivity index (χ4n) is 3.46. The average Bonchev–Trinajstić information content (AvgIpc) is 2.68. The number of carbonyl (C=O) groups is 1. The molecule has 0 aromatic rings. The van der Waals surface area contributed by atoms with E-state index in [1.54, 1.807) is 4.90 Å². The van der Waals surface area contributed by atoms with Crippen LogP contribution in [0.25, 0.3) is 0 Å². The summed E-state index contributed by atoms with van der Waals surface area (Å²) in [6, 6.07) is 0.336. The van der Waals surface area contributed by atoms with Crippen molar-refractivity contribution in [2.45, 2.75) is 39.7 Å². The van der Waals surface area contributed by atoms with Crippen molar-refractivity contribution < 1.29 is 14.3 Å². The second kappa shape index (κ2) is 14.2. The Bertz CT molecular complexity index is 466. The van der Waals surface area contributed by atoms with Crippen LogP contribution in [0, 0.1) is 5.92 Å². The second-order valence-corrected chi connectivity index (χ2v) is 7.34. The molecule has 1 amide bonds. The quantitative estimate of drug-likeness (QED) is 0.308. The molecule has 0 saturated carbocycles. The summed E-state index contributed by atoms with van der Waals surface area (Å²) >= 11 is 0. The first-order valence-corrected chi connectivity index (χ1v) is 10.4. The van der Waals surface area contributed by atoms with Gasteiger partial charge >= 0.3 is 6.09 Å². The number of hydrogen-bond acceptors (Lipinski definition) is 5. The first-order valence-electron chi connectivity index (χ1n) is 10.4. The van der Waals surface area contributed by atoms with Gasteiger partial charge in [-0.2, -0.15) is 0 Å². The Hall–Kier alpha value is -0.810. The van der Waals surface area contributed by atoms with Crippen molar-refractivity contribution in [1.29, 1.82) is 0 Å². The molecule has 0 spiro atoms. The number of piperidine rings is 1. The Labute approximate surface area is 186 Å². The zero-order chi connectivity index (χ0) is 19.5. The summed E-state index contributed by atoms with van der Waals surface area (Å²) in [4.78, 5) is 20.8. The van der Waals surface area contributed by atoms with Gasteiger partial charge in [-0.05, 0) is 32.6 Å². The van der Waals surface area contributed by atoms with Crippen molar-refractivity contribution in [2.24, 2.45) is 10.9 Å². The maximum Gasteiger partial charge on any atom is 0.409 e. The highest BCUT2D eigenvalue weighted by Gasteiger charge is 2.24. The largest absolute Gasteiger partial charge is 0.450 e. The molecule has 0 aromatic carbocycles. The standard InChI is InChI=1S/C19H37N5O3.HI/c1-4-20-18(21-14-16(3)15-23-10-12-26-13-11-23)22-17-6-8-24(9-7-17)19(25)27-5-2;/h16-17H,4-15H2,1-3H3,(H2,20,21,22);1H. The van der Waals surface area contributed by atoms with Gasteiger partial charge in [-0.1, -0.05) is 6.92 Å². The number of aliphatic imine (C=N–C) groups is 1. The second-order valence-electron chi connectivity index (χ2n) is 7.34. The third-order valence-corrected chi connectivity index (χ3v) is 4.94. The Morgan fingerprint density at radius 1 is 1.21 bits per heavy atom. The number of amides is 1. The van der Waals surface area contributed by atoms with Crippen LogP contribution in [-0.2, 0) is 9.47 Å². The monoisotopic (exact) mass is 511 g/mol. The number of carbonyl (C=O) groups excluding carboxylic acids is 1. The fraction of sp³-hybridized carbons (Fsp3) is 0.895. The lowest BCUT2D eigenvalue weighted by Gasteiger charge is -2.32. The van der Waals surface area contributed by atoms with Gasteiger partial charge in [-0.15, -0.1) is 24.0 Å². The Morgan fingerprint density at radius 3 is 2.50 bits per heavy atom. The van der Waals surface area contributed by atoms with E-state index in [0.717, 1.165) is 77.8 Å². The smallest absolute Gasteiger partial charge is 0.409 e. The van der Waals surface area contributed by atoms with Gasteiger partial charge < -0.3 is 25.0 Å². The number of nitrogens with zero attached hydrogens (tertiary/aromatic N) is 3. The molecule has 2 rings (SSSR count). The molecule has 28 heavy (non-hydrogen) atoms. The van der Waals surface area contributed by atoms with Crippen LogP contribution in [0.4, 0.5) is 4.79 Å². The van der Waals surface area contributed by atoms with E-state index >= 15 is 0 Å². The minimum Gasteiger partial charge on any atom is -0.450 e. The van der Waals surface area contributed by atoms with Crippen molar-refractivity contribution in [3.05, 3.63) is 0 Å². The fourth-order valence-corrected chi connectivity index (χ4v) is 3.46. The minimum atomic E-state index is -0.200. The number of morpholine rings is 1. The molecular weight excluding hydrogens is 473 g/mol. The third kappa shape index (κ3) is 9.13. The number of nitrogens with one attached hydrogen (secondary N) is 2. The van der Waals surface area contributed by atoms with Crippen molar-refractivity contribution >= 4 is 36.0 Å². The number of hydrogen-bond donors (Lipinski definition) is 2. The molecule has 164 valence electrons. The maximum absolute atomic E-state index is 11.8. The van der Waals surface area contributed by atoms with E-state index in [2.05, 4.69) is 29.4 Å². The summed E-state index contributed by atoms with van der Waals surface area (Å²) in [5.41, 5.74) is 0. The van der Waals surface area contributed by atoms with E-state index in [9.17, 15) is 4.79 Å². The molecule has 1 unspecified atom stereocenters. The number of likely N-dealkylation sites (tertiary alicyclic amines) is 1. The van der Waals surface area contributed by atoms with Gasteiger partial charge in [0.25, 0.3) is 0 Å². The SMILES string of the molecule is CCNC(=NCC(C)CN1CCOCC1)NC1CCN(C(=O)OCC)CC1.I. The molecule has 1 atom stereocenters. The number of rotatable bonds is 7. The molecule has 2 fully saturated rings. The van der Waals surface area contributed by atoms with Crippen LogP contribution < -0.4 is 10.6 Å². The van der Waals surface area contributed by atoms with Gasteiger partial charge in [0.1, 0.15) is 0 Å². The van der Waals surface area contributed by atoms with Crippen molar-refractivity contribution in [3.8, 4) is 0 Å². The topological polar surface area (TPSA) is 78.4 Å². The van der Waals surface area contributed by atoms with Crippen molar-refractivity contribution in [1.82, 2.24) is 20.4 Å². The number of halogens is 1. The van der Waals surface area contributed by atoms with E-state index in [-0.39, 0.29) is 30.1 Å². The van der Waals surface area contributed by atoms with Gasteiger partial charge in [0.2, 0.25) is 0 Å². The van der Waals surface area contributed by atoms with E-state index in [0.29, 0.717) is 18.6 Å². The zero-order valence-electron chi connectivity index (χ0n) is 17.6. The Morgan fingerprint density at radius 2 is 1.89 bits per heavy atom. The lowest BCUT2D eigenvalue weighted by molar-refractivity contribution is 0.0323. The van der Waals surface area contributed by atoms with Crippen LogP contribution >= 0.6 is 24.0 Å². The lowest BCUT2D eigenvalue weighted by atomic mass is 10.1. The number of guanidine groups is 1. The molecule has 2 heterocycles. The van der Waals surface area contributed by atoms with Crippen molar-refractivity contribution in [3.63, 3.8) is 0 Å². The maximum atomic E-state index is 11.8. The first-order chi connectivity index (χ1) is 13.1. The highest BCUT2D eigenvalue weighted by molar-refractivity contribution is 14.0. The van der Waals surface area contributed by atoms with Gasteiger partial charge in [0, 0.05) is 51.9 Å². The van der Waals surface area contributed by atoms with E-state index in [1.807, 2.05) is 6.92 Å². The lowest BCUT2D eigenvalue weighted by Crippen LogP contribution is -2.50. The summed E-state index contributed by atoms with van der Waals surface area (Å²) < 4.78 is 10.5.